The van der Waals surface area contributed by atoms with Crippen LogP contribution in [0.25, 0.3) is 11.5 Å². The number of hydrogen-bond acceptors (Lipinski definition) is 7. The maximum atomic E-state index is 12.9. The molecule has 1 aliphatic carbocycles. The molecule has 9 heteroatoms. The second-order valence-corrected chi connectivity index (χ2v) is 6.11. The zero-order valence-electron chi connectivity index (χ0n) is 14.6. The van der Waals surface area contributed by atoms with Crippen LogP contribution in [0.4, 0.5) is 4.79 Å². The molecule has 0 saturated carbocycles. The van der Waals surface area contributed by atoms with Gasteiger partial charge in [-0.15, -0.1) is 0 Å². The molecular formula is C18H17N6O3+. The van der Waals surface area contributed by atoms with Crippen molar-refractivity contribution in [3.05, 3.63) is 48.8 Å². The van der Waals surface area contributed by atoms with Gasteiger partial charge in [0.25, 0.3) is 5.89 Å². The van der Waals surface area contributed by atoms with Gasteiger partial charge in [0, 0.05) is 12.4 Å². The molecule has 1 unspecified atom stereocenters. The topological polar surface area (TPSA) is 105 Å². The van der Waals surface area contributed by atoms with E-state index in [1.807, 2.05) is 13.0 Å². The molecule has 27 heavy (non-hydrogen) atoms. The third-order valence-corrected chi connectivity index (χ3v) is 4.31. The maximum absolute atomic E-state index is 12.9. The summed E-state index contributed by atoms with van der Waals surface area (Å²) in [7, 11) is 0. The van der Waals surface area contributed by atoms with Gasteiger partial charge in [-0.3, -0.25) is 4.98 Å². The minimum Gasteiger partial charge on any atom is -0.334 e. The number of rotatable bonds is 5. The van der Waals surface area contributed by atoms with Crippen molar-refractivity contribution < 1.29 is 18.7 Å². The smallest absolute Gasteiger partial charge is 0.334 e. The summed E-state index contributed by atoms with van der Waals surface area (Å²) in [4.78, 5) is 39.2. The number of nitrogens with zero attached hydrogens (tertiary/aromatic N) is 6. The van der Waals surface area contributed by atoms with Crippen LogP contribution in [-0.2, 0) is 11.3 Å². The Morgan fingerprint density at radius 1 is 1.26 bits per heavy atom. The van der Waals surface area contributed by atoms with Gasteiger partial charge < -0.3 is 4.52 Å². The summed E-state index contributed by atoms with van der Waals surface area (Å²) in [6, 6.07) is -0.382. The average Bonchev–Trinajstić information content (AvgIpc) is 3.18. The third kappa shape index (κ3) is 3.07. The van der Waals surface area contributed by atoms with Crippen LogP contribution in [0.15, 0.2) is 47.4 Å². The second kappa shape index (κ2) is 7.02. The second-order valence-electron chi connectivity index (χ2n) is 6.11. The van der Waals surface area contributed by atoms with Crippen LogP contribution in [0.5, 0.6) is 0 Å². The Labute approximate surface area is 154 Å². The van der Waals surface area contributed by atoms with Gasteiger partial charge in [-0.2, -0.15) is 19.3 Å². The van der Waals surface area contributed by atoms with Crippen molar-refractivity contribution in [3.63, 3.8) is 0 Å². The molecule has 1 atom stereocenters. The van der Waals surface area contributed by atoms with Crippen molar-refractivity contribution in [2.45, 2.75) is 19.9 Å². The lowest BCUT2D eigenvalue weighted by atomic mass is 9.94. The Kier molecular flexibility index (Phi) is 4.41. The first-order valence-corrected chi connectivity index (χ1v) is 8.62. The Bertz CT molecular complexity index is 976. The number of carbonyl (C=O) groups is 2. The highest BCUT2D eigenvalue weighted by Gasteiger charge is 2.46. The molecule has 1 aliphatic heterocycles. The number of fused-ring (bicyclic) bond motifs is 1. The third-order valence-electron chi connectivity index (χ3n) is 4.31. The minimum atomic E-state index is -0.485. The molecule has 136 valence electrons. The number of hydrogen-bond donors (Lipinski definition) is 0. The van der Waals surface area contributed by atoms with Gasteiger partial charge in [0.1, 0.15) is 17.3 Å². The summed E-state index contributed by atoms with van der Waals surface area (Å²) in [6.07, 6.45) is 12.5. The monoisotopic (exact) mass is 365 g/mol. The van der Waals surface area contributed by atoms with E-state index >= 15 is 0 Å². The summed E-state index contributed by atoms with van der Waals surface area (Å²) >= 11 is 0. The van der Waals surface area contributed by atoms with E-state index in [2.05, 4.69) is 20.1 Å². The normalized spacial score (nSPS) is 19.0. The molecule has 2 aromatic rings. The largest absolute Gasteiger partial charge is 0.501 e. The highest BCUT2D eigenvalue weighted by molar-refractivity contribution is 6.16. The predicted octanol–water partition coefficient (Wildman–Crippen LogP) is 1.59. The number of carbonyl (C=O) groups excluding carboxylic acids is 2. The van der Waals surface area contributed by atoms with E-state index in [1.54, 1.807) is 24.4 Å². The van der Waals surface area contributed by atoms with Crippen LogP contribution in [-0.4, -0.2) is 53.8 Å². The van der Waals surface area contributed by atoms with E-state index < -0.39 is 5.92 Å². The molecule has 2 aromatic heterocycles. The molecule has 4 rings (SSSR count). The van der Waals surface area contributed by atoms with E-state index in [0.29, 0.717) is 30.2 Å². The van der Waals surface area contributed by atoms with Crippen LogP contribution in [0.2, 0.25) is 0 Å². The Hall–Kier alpha value is -3.49. The highest BCUT2D eigenvalue weighted by atomic mass is 16.5. The van der Waals surface area contributed by atoms with Gasteiger partial charge in [-0.25, -0.2) is 9.78 Å². The standard InChI is InChI=1S/C18H17N6O3/c1-2-9-23-17(25)12-5-3-4-6-14(12)24(18(23)26)11-15-21-16(22-27-15)13-10-19-7-8-20-13/h3-8,10,12H,2,9,11H2,1H3/q+1. The lowest BCUT2D eigenvalue weighted by Crippen LogP contribution is -2.54. The van der Waals surface area contributed by atoms with E-state index in [9.17, 15) is 9.59 Å². The summed E-state index contributed by atoms with van der Waals surface area (Å²) in [6.45, 7) is 2.36. The molecule has 3 amide bonds. The summed E-state index contributed by atoms with van der Waals surface area (Å²) in [5.74, 6) is -0.144. The number of aromatic nitrogens is 4. The van der Waals surface area contributed by atoms with Gasteiger partial charge >= 0.3 is 11.9 Å². The molecular weight excluding hydrogens is 348 g/mol. The SMILES string of the molecule is CCCN1C(=O)C2C=CC=CC2=[N+](Cc2nc(-c3cnccn3)no2)C1=O. The molecule has 9 nitrogen and oxygen atoms in total. The molecule has 0 saturated heterocycles. The van der Waals surface area contributed by atoms with E-state index in [1.165, 1.54) is 21.9 Å². The summed E-state index contributed by atoms with van der Waals surface area (Å²) in [5, 5.41) is 3.90. The molecule has 0 bridgehead atoms. The Morgan fingerprint density at radius 3 is 2.93 bits per heavy atom. The number of imide groups is 1. The van der Waals surface area contributed by atoms with Crippen LogP contribution < -0.4 is 0 Å². The number of urea groups is 1. The van der Waals surface area contributed by atoms with Gasteiger partial charge in [0.15, 0.2) is 6.54 Å². The van der Waals surface area contributed by atoms with Gasteiger partial charge in [-0.1, -0.05) is 30.3 Å². The first kappa shape index (κ1) is 17.0. The minimum absolute atomic E-state index is 0.0730. The molecule has 0 radical (unpaired) electrons. The molecule has 0 N–H and O–H groups in total. The fourth-order valence-electron chi connectivity index (χ4n) is 3.08. The van der Waals surface area contributed by atoms with Crippen LogP contribution in [0.3, 0.4) is 0 Å². The van der Waals surface area contributed by atoms with Crippen molar-refractivity contribution in [2.75, 3.05) is 6.54 Å². The zero-order chi connectivity index (χ0) is 18.8. The summed E-state index contributed by atoms with van der Waals surface area (Å²) in [5.41, 5.74) is 1.09. The Morgan fingerprint density at radius 2 is 2.15 bits per heavy atom. The fourth-order valence-corrected chi connectivity index (χ4v) is 3.08. The van der Waals surface area contributed by atoms with Crippen LogP contribution in [0, 0.1) is 5.92 Å². The molecule has 2 aliphatic rings. The first-order chi connectivity index (χ1) is 13.2. The predicted molar refractivity (Wildman–Crippen MR) is 93.5 cm³/mol. The Balaban J connectivity index is 1.68. The van der Waals surface area contributed by atoms with Crippen molar-refractivity contribution in [1.82, 2.24) is 25.0 Å². The fraction of sp³-hybridized carbons (Fsp3) is 0.278. The van der Waals surface area contributed by atoms with Gasteiger partial charge in [-0.05, 0) is 12.5 Å². The molecule has 3 heterocycles. The van der Waals surface area contributed by atoms with Gasteiger partial charge in [0.2, 0.25) is 5.82 Å². The van der Waals surface area contributed by atoms with Crippen LogP contribution in [0.1, 0.15) is 19.2 Å². The number of allylic oxidation sites excluding steroid dienone is 3. The number of amides is 3. The zero-order valence-corrected chi connectivity index (χ0v) is 14.6. The van der Waals surface area contributed by atoms with E-state index in [-0.39, 0.29) is 24.4 Å². The highest BCUT2D eigenvalue weighted by Crippen LogP contribution is 2.21. The van der Waals surface area contributed by atoms with E-state index in [4.69, 9.17) is 4.52 Å². The quantitative estimate of drug-likeness (QED) is 0.741. The summed E-state index contributed by atoms with van der Waals surface area (Å²) < 4.78 is 6.80. The molecule has 0 spiro atoms. The lowest BCUT2D eigenvalue weighted by molar-refractivity contribution is -0.460. The maximum Gasteiger partial charge on any atom is 0.501 e. The van der Waals surface area contributed by atoms with Crippen molar-refractivity contribution in [1.29, 1.82) is 0 Å². The first-order valence-electron chi connectivity index (χ1n) is 8.62. The van der Waals surface area contributed by atoms with Crippen LogP contribution >= 0.6 is 0 Å². The lowest BCUT2D eigenvalue weighted by Gasteiger charge is -2.26. The molecule has 0 aromatic carbocycles. The van der Waals surface area contributed by atoms with Crippen molar-refractivity contribution in [3.8, 4) is 11.5 Å². The van der Waals surface area contributed by atoms with E-state index in [0.717, 1.165) is 0 Å². The van der Waals surface area contributed by atoms with Crippen molar-refractivity contribution >= 4 is 17.6 Å². The average molecular weight is 365 g/mol. The van der Waals surface area contributed by atoms with Gasteiger partial charge in [0.05, 0.1) is 12.7 Å². The van der Waals surface area contributed by atoms with Crippen molar-refractivity contribution in [2.24, 2.45) is 5.92 Å². The molecule has 0 fully saturated rings.